The Morgan fingerprint density at radius 3 is 2.30 bits per heavy atom. The molecule has 0 saturated carbocycles. The molecule has 0 fully saturated rings. The fourth-order valence-corrected chi connectivity index (χ4v) is 4.55. The van der Waals surface area contributed by atoms with Crippen molar-refractivity contribution < 1.29 is 22.7 Å². The molecule has 0 radical (unpaired) electrons. The van der Waals surface area contributed by atoms with Gasteiger partial charge >= 0.3 is 5.97 Å². The van der Waals surface area contributed by atoms with Crippen LogP contribution < -0.4 is 10.0 Å². The molecule has 1 aliphatic heterocycles. The topological polar surface area (TPSA) is 114 Å². The Morgan fingerprint density at radius 2 is 1.55 bits per heavy atom. The predicted octanol–water partition coefficient (Wildman–Crippen LogP) is 2.96. The Kier molecular flexibility index (Phi) is 6.50. The van der Waals surface area contributed by atoms with Crippen LogP contribution in [0.3, 0.4) is 0 Å². The van der Waals surface area contributed by atoms with Crippen LogP contribution in [-0.4, -0.2) is 39.3 Å². The Bertz CT molecular complexity index is 1300. The second kappa shape index (κ2) is 9.66. The van der Waals surface area contributed by atoms with Crippen molar-refractivity contribution in [2.75, 3.05) is 18.5 Å². The van der Waals surface area contributed by atoms with Crippen molar-refractivity contribution in [1.82, 2.24) is 4.72 Å². The van der Waals surface area contributed by atoms with Crippen molar-refractivity contribution in [1.29, 1.82) is 0 Å². The molecule has 0 aromatic heterocycles. The molecule has 2 N–H and O–H groups in total. The summed E-state index contributed by atoms with van der Waals surface area (Å²) in [6, 6.07) is 23.7. The molecule has 0 aliphatic carbocycles. The molecule has 1 heterocycles. The molecule has 1 amide bonds. The van der Waals surface area contributed by atoms with Gasteiger partial charge in [0.1, 0.15) is 5.84 Å². The smallest absolute Gasteiger partial charge is 0.308 e. The number of anilines is 1. The average molecular weight is 464 g/mol. The first-order valence-corrected chi connectivity index (χ1v) is 11.7. The SMILES string of the molecule is O=C(COC(=O)CCN=C1NS(=O)(=O)c2ccccc21)Nc1ccc(-c2ccccc2)cc1. The zero-order chi connectivity index (χ0) is 23.3. The first kappa shape index (κ1) is 22.2. The van der Waals surface area contributed by atoms with Gasteiger partial charge in [-0.1, -0.05) is 54.6 Å². The molecule has 0 unspecified atom stereocenters. The highest BCUT2D eigenvalue weighted by molar-refractivity contribution is 7.90. The van der Waals surface area contributed by atoms with Crippen molar-refractivity contribution in [2.45, 2.75) is 11.3 Å². The van der Waals surface area contributed by atoms with Crippen LogP contribution in [0.4, 0.5) is 5.69 Å². The molecule has 33 heavy (non-hydrogen) atoms. The van der Waals surface area contributed by atoms with Gasteiger partial charge in [0, 0.05) is 11.3 Å². The summed E-state index contributed by atoms with van der Waals surface area (Å²) < 4.78 is 31.5. The fraction of sp³-hybridized carbons (Fsp3) is 0.125. The normalized spacial score (nSPS) is 14.8. The molecule has 3 aromatic rings. The van der Waals surface area contributed by atoms with Crippen molar-refractivity contribution >= 4 is 33.4 Å². The van der Waals surface area contributed by atoms with Crippen molar-refractivity contribution in [3.8, 4) is 11.1 Å². The first-order chi connectivity index (χ1) is 15.9. The largest absolute Gasteiger partial charge is 0.456 e. The van der Waals surface area contributed by atoms with Gasteiger partial charge in [0.2, 0.25) is 0 Å². The zero-order valence-electron chi connectivity index (χ0n) is 17.5. The van der Waals surface area contributed by atoms with Gasteiger partial charge in [-0.25, -0.2) is 8.42 Å². The van der Waals surface area contributed by atoms with E-state index in [-0.39, 0.29) is 23.7 Å². The molecule has 9 heteroatoms. The Morgan fingerprint density at radius 1 is 0.879 bits per heavy atom. The molecule has 3 aromatic carbocycles. The van der Waals surface area contributed by atoms with Crippen LogP contribution >= 0.6 is 0 Å². The Labute approximate surface area is 191 Å². The molecule has 8 nitrogen and oxygen atoms in total. The molecular weight excluding hydrogens is 442 g/mol. The van der Waals surface area contributed by atoms with E-state index in [4.69, 9.17) is 4.74 Å². The van der Waals surface area contributed by atoms with Crippen molar-refractivity contribution in [2.24, 2.45) is 4.99 Å². The van der Waals surface area contributed by atoms with Gasteiger partial charge in [-0.3, -0.25) is 19.3 Å². The number of nitrogens with zero attached hydrogens (tertiary/aromatic N) is 1. The van der Waals surface area contributed by atoms with Gasteiger partial charge in [0.15, 0.2) is 6.61 Å². The fourth-order valence-electron chi connectivity index (χ4n) is 3.30. The van der Waals surface area contributed by atoms with Crippen LogP contribution in [0, 0.1) is 0 Å². The maximum Gasteiger partial charge on any atom is 0.308 e. The quantitative estimate of drug-likeness (QED) is 0.523. The number of fused-ring (bicyclic) bond motifs is 1. The number of aliphatic imine (C=N–C) groups is 1. The van der Waals surface area contributed by atoms with Crippen LogP contribution in [0.5, 0.6) is 0 Å². The lowest BCUT2D eigenvalue weighted by atomic mass is 10.1. The summed E-state index contributed by atoms with van der Waals surface area (Å²) in [6.45, 7) is -0.404. The van der Waals surface area contributed by atoms with Gasteiger partial charge in [0.25, 0.3) is 15.9 Å². The number of carbonyl (C=O) groups excluding carboxylic acids is 2. The molecule has 168 valence electrons. The minimum Gasteiger partial charge on any atom is -0.456 e. The third kappa shape index (κ3) is 5.45. The maximum atomic E-state index is 12.1. The van der Waals surface area contributed by atoms with Gasteiger partial charge in [-0.15, -0.1) is 0 Å². The van der Waals surface area contributed by atoms with E-state index < -0.39 is 28.5 Å². The molecule has 4 rings (SSSR count). The molecule has 0 atom stereocenters. The van der Waals surface area contributed by atoms with Crippen LogP contribution in [0.25, 0.3) is 11.1 Å². The van der Waals surface area contributed by atoms with Gasteiger partial charge < -0.3 is 10.1 Å². The van der Waals surface area contributed by atoms with E-state index in [1.807, 2.05) is 42.5 Å². The summed E-state index contributed by atoms with van der Waals surface area (Å²) in [7, 11) is -3.63. The van der Waals surface area contributed by atoms with Crippen molar-refractivity contribution in [3.63, 3.8) is 0 Å². The number of rotatable bonds is 7. The number of sulfonamides is 1. The lowest BCUT2D eigenvalue weighted by molar-refractivity contribution is -0.147. The van der Waals surface area contributed by atoms with Crippen LogP contribution in [-0.2, 0) is 24.3 Å². The zero-order valence-corrected chi connectivity index (χ0v) is 18.3. The number of amidine groups is 1. The number of hydrogen-bond donors (Lipinski definition) is 2. The summed E-state index contributed by atoms with van der Waals surface area (Å²) in [4.78, 5) is 28.3. The third-order valence-electron chi connectivity index (χ3n) is 4.89. The van der Waals surface area contributed by atoms with E-state index in [1.54, 1.807) is 30.3 Å². The van der Waals surface area contributed by atoms with E-state index in [0.29, 0.717) is 11.3 Å². The summed E-state index contributed by atoms with van der Waals surface area (Å²) in [5, 5.41) is 2.68. The second-order valence-electron chi connectivity index (χ2n) is 7.23. The second-order valence-corrected chi connectivity index (χ2v) is 8.89. The summed E-state index contributed by atoms with van der Waals surface area (Å²) in [5.41, 5.74) is 3.15. The third-order valence-corrected chi connectivity index (χ3v) is 6.29. The molecule has 1 aliphatic rings. The standard InChI is InChI=1S/C24H21N3O5S/c28-22(26-19-12-10-18(11-13-19)17-6-2-1-3-7-17)16-32-23(29)14-15-25-24-20-8-4-5-9-21(20)33(30,31)27-24/h1-13H,14-16H2,(H,25,27)(H,26,28). The molecule has 0 spiro atoms. The lowest BCUT2D eigenvalue weighted by Crippen LogP contribution is -2.23. The van der Waals surface area contributed by atoms with Gasteiger partial charge in [-0.2, -0.15) is 0 Å². The van der Waals surface area contributed by atoms with Crippen LogP contribution in [0.15, 0.2) is 88.8 Å². The number of benzene rings is 3. The number of nitrogens with one attached hydrogen (secondary N) is 2. The molecule has 0 saturated heterocycles. The van der Waals surface area contributed by atoms with E-state index >= 15 is 0 Å². The minimum atomic E-state index is -3.63. The highest BCUT2D eigenvalue weighted by Gasteiger charge is 2.29. The van der Waals surface area contributed by atoms with Crippen molar-refractivity contribution in [3.05, 3.63) is 84.4 Å². The highest BCUT2D eigenvalue weighted by Crippen LogP contribution is 2.22. The first-order valence-electron chi connectivity index (χ1n) is 10.2. The minimum absolute atomic E-state index is 0.0214. The predicted molar refractivity (Wildman–Crippen MR) is 124 cm³/mol. The monoisotopic (exact) mass is 463 g/mol. The number of esters is 1. The van der Waals surface area contributed by atoms with Gasteiger partial charge in [-0.05, 0) is 35.4 Å². The van der Waals surface area contributed by atoms with Crippen LogP contribution in [0.1, 0.15) is 12.0 Å². The lowest BCUT2D eigenvalue weighted by Gasteiger charge is -2.08. The van der Waals surface area contributed by atoms with E-state index in [1.165, 1.54) is 6.07 Å². The highest BCUT2D eigenvalue weighted by atomic mass is 32.2. The van der Waals surface area contributed by atoms with Crippen LogP contribution in [0.2, 0.25) is 0 Å². The molecular formula is C24H21N3O5S. The van der Waals surface area contributed by atoms with Gasteiger partial charge in [0.05, 0.1) is 17.9 Å². The number of hydrogen-bond acceptors (Lipinski definition) is 6. The Balaban J connectivity index is 1.23. The molecule has 0 bridgehead atoms. The van der Waals surface area contributed by atoms with E-state index in [0.717, 1.165) is 11.1 Å². The Hall–Kier alpha value is -3.98. The maximum absolute atomic E-state index is 12.1. The van der Waals surface area contributed by atoms with E-state index in [9.17, 15) is 18.0 Å². The summed E-state index contributed by atoms with van der Waals surface area (Å²) in [5.74, 6) is -0.877. The number of amides is 1. The average Bonchev–Trinajstić information content (AvgIpc) is 3.09. The summed E-state index contributed by atoms with van der Waals surface area (Å²) >= 11 is 0. The number of carbonyl (C=O) groups is 2. The number of ether oxygens (including phenoxy) is 1. The summed E-state index contributed by atoms with van der Waals surface area (Å²) in [6.07, 6.45) is -0.0908. The van der Waals surface area contributed by atoms with E-state index in [2.05, 4.69) is 15.0 Å².